The lowest BCUT2D eigenvalue weighted by molar-refractivity contribution is -0.128. The van der Waals surface area contributed by atoms with Crippen LogP contribution in [0.1, 0.15) is 38.3 Å². The molecule has 10 nitrogen and oxygen atoms in total. The van der Waals surface area contributed by atoms with Crippen molar-refractivity contribution in [2.24, 2.45) is 0 Å². The number of hydrogen-bond acceptors (Lipinski definition) is 7. The van der Waals surface area contributed by atoms with E-state index in [-0.39, 0.29) is 18.2 Å². The quantitative estimate of drug-likeness (QED) is 0.372. The number of methoxy groups -OCH3 is 1. The van der Waals surface area contributed by atoms with Crippen molar-refractivity contribution in [3.05, 3.63) is 78.0 Å². The highest BCUT2D eigenvalue weighted by Crippen LogP contribution is 2.31. The Labute approximate surface area is 219 Å². The number of tetrazole rings is 1. The molecule has 1 atom stereocenters. The summed E-state index contributed by atoms with van der Waals surface area (Å²) in [5.74, 6) is 0.421. The minimum absolute atomic E-state index is 0.234. The number of amides is 2. The number of carbonyl (C=O) groups is 2. The molecule has 0 saturated heterocycles. The van der Waals surface area contributed by atoms with Crippen molar-refractivity contribution in [1.82, 2.24) is 25.5 Å². The number of furan rings is 1. The highest BCUT2D eigenvalue weighted by atomic mass is 19.1. The van der Waals surface area contributed by atoms with Crippen molar-refractivity contribution in [2.75, 3.05) is 12.0 Å². The van der Waals surface area contributed by atoms with E-state index in [1.54, 1.807) is 43.3 Å². The maximum atomic E-state index is 13.8. The highest BCUT2D eigenvalue weighted by molar-refractivity contribution is 6.01. The number of aromatic nitrogens is 4. The van der Waals surface area contributed by atoms with Gasteiger partial charge in [-0.2, -0.15) is 4.80 Å². The number of ether oxygens (including phenoxy) is 1. The maximum absolute atomic E-state index is 13.8. The fourth-order valence-corrected chi connectivity index (χ4v) is 3.81. The fourth-order valence-electron chi connectivity index (χ4n) is 3.81. The van der Waals surface area contributed by atoms with Gasteiger partial charge in [0.15, 0.2) is 6.04 Å². The van der Waals surface area contributed by atoms with E-state index in [2.05, 4.69) is 20.7 Å². The number of hydrogen-bond donors (Lipinski definition) is 1. The number of carbonyl (C=O) groups excluding carboxylic acids is 2. The van der Waals surface area contributed by atoms with E-state index in [1.165, 1.54) is 36.3 Å². The molecular formula is C27H29FN6O4. The Bertz CT molecular complexity index is 1410. The first kappa shape index (κ1) is 26.5. The molecule has 11 heteroatoms. The molecule has 2 amide bonds. The first-order valence-corrected chi connectivity index (χ1v) is 11.9. The molecule has 0 fully saturated rings. The number of benzene rings is 2. The number of anilines is 1. The molecular weight excluding hydrogens is 491 g/mol. The third-order valence-electron chi connectivity index (χ3n) is 5.49. The van der Waals surface area contributed by atoms with Crippen LogP contribution in [-0.4, -0.2) is 44.7 Å². The van der Waals surface area contributed by atoms with E-state index in [0.717, 1.165) is 4.80 Å². The molecule has 0 radical (unpaired) electrons. The summed E-state index contributed by atoms with van der Waals surface area (Å²) in [6.45, 7) is 7.00. The van der Waals surface area contributed by atoms with Gasteiger partial charge in [0.05, 0.1) is 7.11 Å². The van der Waals surface area contributed by atoms with Crippen LogP contribution in [-0.2, 0) is 16.1 Å². The van der Waals surface area contributed by atoms with Crippen LogP contribution in [0, 0.1) is 12.7 Å². The molecule has 1 N–H and O–H groups in total. The van der Waals surface area contributed by atoms with E-state index in [1.807, 2.05) is 20.8 Å². The van der Waals surface area contributed by atoms with Gasteiger partial charge in [-0.3, -0.25) is 14.5 Å². The zero-order valence-corrected chi connectivity index (χ0v) is 21.8. The van der Waals surface area contributed by atoms with Gasteiger partial charge >= 0.3 is 0 Å². The Morgan fingerprint density at radius 3 is 2.34 bits per heavy atom. The van der Waals surface area contributed by atoms with Gasteiger partial charge in [-0.15, -0.1) is 10.2 Å². The van der Waals surface area contributed by atoms with Gasteiger partial charge in [-0.1, -0.05) is 0 Å². The van der Waals surface area contributed by atoms with Crippen molar-refractivity contribution in [3.8, 4) is 17.1 Å². The molecule has 4 rings (SSSR count). The Morgan fingerprint density at radius 2 is 1.76 bits per heavy atom. The minimum atomic E-state index is -1.12. The first-order chi connectivity index (χ1) is 18.0. The van der Waals surface area contributed by atoms with Crippen LogP contribution in [0.25, 0.3) is 11.4 Å². The monoisotopic (exact) mass is 520 g/mol. The number of nitrogens with zero attached hydrogens (tertiary/aromatic N) is 5. The molecule has 2 aromatic carbocycles. The largest absolute Gasteiger partial charge is 0.497 e. The summed E-state index contributed by atoms with van der Waals surface area (Å²) in [7, 11) is 1.54. The van der Waals surface area contributed by atoms with Gasteiger partial charge in [0.1, 0.15) is 29.6 Å². The second-order valence-electron chi connectivity index (χ2n) is 9.70. The summed E-state index contributed by atoms with van der Waals surface area (Å²) >= 11 is 0. The Balaban J connectivity index is 1.72. The molecule has 2 heterocycles. The van der Waals surface area contributed by atoms with Crippen LogP contribution >= 0.6 is 0 Å². The highest BCUT2D eigenvalue weighted by Gasteiger charge is 2.37. The summed E-state index contributed by atoms with van der Waals surface area (Å²) in [6.07, 6.45) is 0. The molecule has 198 valence electrons. The predicted molar refractivity (Wildman–Crippen MR) is 138 cm³/mol. The Hall–Kier alpha value is -4.54. The molecule has 0 spiro atoms. The SMILES string of the molecule is COc1ccc(N(C(=O)Cn2nnc(-c3ccc(F)cc3)n2)[C@@H](C(=O)NC(C)(C)C)c2ccc(C)o2)cc1. The average molecular weight is 521 g/mol. The first-order valence-electron chi connectivity index (χ1n) is 11.9. The molecule has 2 aromatic heterocycles. The van der Waals surface area contributed by atoms with Crippen molar-refractivity contribution in [3.63, 3.8) is 0 Å². The lowest BCUT2D eigenvalue weighted by Crippen LogP contribution is -2.50. The topological polar surface area (TPSA) is 115 Å². The second kappa shape index (κ2) is 10.8. The van der Waals surface area contributed by atoms with Crippen molar-refractivity contribution >= 4 is 17.5 Å². The molecule has 4 aromatic rings. The summed E-state index contributed by atoms with van der Waals surface area (Å²) in [6, 6.07) is 14.7. The van der Waals surface area contributed by atoms with Gasteiger partial charge in [0.25, 0.3) is 11.8 Å². The summed E-state index contributed by atoms with van der Waals surface area (Å²) in [5.41, 5.74) is 0.423. The van der Waals surface area contributed by atoms with E-state index in [4.69, 9.17) is 9.15 Å². The average Bonchev–Trinajstić information content (AvgIpc) is 3.50. The number of aryl methyl sites for hydroxylation is 1. The Morgan fingerprint density at radius 1 is 1.08 bits per heavy atom. The smallest absolute Gasteiger partial charge is 0.251 e. The summed E-state index contributed by atoms with van der Waals surface area (Å²) in [5, 5.41) is 15.2. The van der Waals surface area contributed by atoms with Crippen LogP contribution in [0.3, 0.4) is 0 Å². The van der Waals surface area contributed by atoms with Crippen LogP contribution in [0.2, 0.25) is 0 Å². The number of rotatable bonds is 8. The van der Waals surface area contributed by atoms with Crippen LogP contribution in [0.15, 0.2) is 65.1 Å². The van der Waals surface area contributed by atoms with E-state index >= 15 is 0 Å². The predicted octanol–water partition coefficient (Wildman–Crippen LogP) is 4.08. The van der Waals surface area contributed by atoms with Gasteiger partial charge in [0.2, 0.25) is 5.82 Å². The van der Waals surface area contributed by atoms with E-state index in [0.29, 0.717) is 28.5 Å². The Kier molecular flexibility index (Phi) is 7.56. The van der Waals surface area contributed by atoms with E-state index in [9.17, 15) is 14.0 Å². The molecule has 0 unspecified atom stereocenters. The third kappa shape index (κ3) is 6.23. The van der Waals surface area contributed by atoms with E-state index < -0.39 is 23.4 Å². The van der Waals surface area contributed by atoms with Crippen molar-refractivity contribution < 1.29 is 23.1 Å². The van der Waals surface area contributed by atoms with Crippen molar-refractivity contribution in [2.45, 2.75) is 45.8 Å². The van der Waals surface area contributed by atoms with Crippen LogP contribution in [0.4, 0.5) is 10.1 Å². The molecule has 0 aliphatic rings. The lowest BCUT2D eigenvalue weighted by Gasteiger charge is -2.32. The minimum Gasteiger partial charge on any atom is -0.497 e. The molecule has 38 heavy (non-hydrogen) atoms. The second-order valence-corrected chi connectivity index (χ2v) is 9.70. The zero-order chi connectivity index (χ0) is 27.4. The normalized spacial score (nSPS) is 12.2. The molecule has 0 aliphatic heterocycles. The summed E-state index contributed by atoms with van der Waals surface area (Å²) in [4.78, 5) is 29.9. The zero-order valence-electron chi connectivity index (χ0n) is 21.8. The molecule has 0 saturated carbocycles. The fraction of sp³-hybridized carbons (Fsp3) is 0.296. The van der Waals surface area contributed by atoms with Gasteiger partial charge in [-0.25, -0.2) is 4.39 Å². The van der Waals surface area contributed by atoms with Gasteiger partial charge in [-0.05, 0) is 93.6 Å². The molecule has 0 bridgehead atoms. The molecule has 0 aliphatic carbocycles. The summed E-state index contributed by atoms with van der Waals surface area (Å²) < 4.78 is 24.4. The lowest BCUT2D eigenvalue weighted by atomic mass is 10.1. The van der Waals surface area contributed by atoms with Crippen LogP contribution in [0.5, 0.6) is 5.75 Å². The number of nitrogens with one attached hydrogen (secondary N) is 1. The van der Waals surface area contributed by atoms with Gasteiger partial charge < -0.3 is 14.5 Å². The standard InChI is InChI=1S/C27H29FN6O4/c1-17-6-15-22(38-17)24(26(36)29-27(2,3)4)34(20-11-13-21(37-5)14-12-20)23(35)16-33-31-25(30-32-33)18-7-9-19(28)10-8-18/h6-15,24H,16H2,1-5H3,(H,29,36)/t24-/m1/s1. The third-order valence-corrected chi connectivity index (χ3v) is 5.49. The van der Waals surface area contributed by atoms with Gasteiger partial charge in [0, 0.05) is 16.8 Å². The van der Waals surface area contributed by atoms with Crippen molar-refractivity contribution in [1.29, 1.82) is 0 Å². The van der Waals surface area contributed by atoms with Crippen LogP contribution < -0.4 is 15.0 Å². The number of halogens is 1. The maximum Gasteiger partial charge on any atom is 0.251 e.